The second-order valence-corrected chi connectivity index (χ2v) is 4.78. The van der Waals surface area contributed by atoms with E-state index in [2.05, 4.69) is 0 Å². The van der Waals surface area contributed by atoms with Crippen LogP contribution in [0.25, 0.3) is 0 Å². The summed E-state index contributed by atoms with van der Waals surface area (Å²) in [7, 11) is -3.53. The first kappa shape index (κ1) is 17.0. The van der Waals surface area contributed by atoms with Crippen molar-refractivity contribution in [3.05, 3.63) is 0 Å². The van der Waals surface area contributed by atoms with Crippen LogP contribution in [0.3, 0.4) is 0 Å². The zero-order chi connectivity index (χ0) is 13.1. The Bertz CT molecular complexity index is 212. The smallest absolute Gasteiger partial charge is 0.395 e. The molecule has 0 fully saturated rings. The van der Waals surface area contributed by atoms with Crippen LogP contribution in [-0.4, -0.2) is 61.4 Å². The van der Waals surface area contributed by atoms with E-state index in [0.717, 1.165) is 0 Å². The molecule has 0 atom stereocenters. The lowest BCUT2D eigenvalue weighted by atomic mass is 10.5. The first-order valence-electron chi connectivity index (χ1n) is 5.59. The van der Waals surface area contributed by atoms with Crippen LogP contribution >= 0.6 is 7.82 Å². The predicted octanol–water partition coefficient (Wildman–Crippen LogP) is 0.428. The van der Waals surface area contributed by atoms with E-state index in [0.29, 0.717) is 13.1 Å². The third-order valence-corrected chi connectivity index (χ3v) is 3.39. The Morgan fingerprint density at radius 2 is 1.47 bits per heavy atom. The van der Waals surface area contributed by atoms with Crippen molar-refractivity contribution in [2.45, 2.75) is 13.8 Å². The maximum atomic E-state index is 11.9. The summed E-state index contributed by atoms with van der Waals surface area (Å²) < 4.78 is 26.9. The molecule has 2 N–H and O–H groups in total. The second kappa shape index (κ2) is 9.96. The van der Waals surface area contributed by atoms with Gasteiger partial charge >= 0.3 is 7.82 Å². The standard InChI is InChI=1S/C9H22NO6P/c1-3-14-17(13,15-4-2)16-9-10(5-7-11)6-8-12/h11-12H,3-9H2,1-2H3. The highest BCUT2D eigenvalue weighted by atomic mass is 31.2. The average Bonchev–Trinajstić information content (AvgIpc) is 2.27. The zero-order valence-corrected chi connectivity index (χ0v) is 11.3. The van der Waals surface area contributed by atoms with Gasteiger partial charge in [0.05, 0.1) is 26.4 Å². The number of aliphatic hydroxyl groups is 2. The van der Waals surface area contributed by atoms with Gasteiger partial charge in [-0.25, -0.2) is 4.57 Å². The van der Waals surface area contributed by atoms with Crippen LogP contribution < -0.4 is 0 Å². The molecule has 0 heterocycles. The first-order chi connectivity index (χ1) is 8.11. The predicted molar refractivity (Wildman–Crippen MR) is 62.6 cm³/mol. The van der Waals surface area contributed by atoms with Crippen LogP contribution in [-0.2, 0) is 18.1 Å². The molecule has 0 unspecified atom stereocenters. The molecule has 0 aromatic rings. The summed E-state index contributed by atoms with van der Waals surface area (Å²) in [6.07, 6.45) is 0. The van der Waals surface area contributed by atoms with Crippen molar-refractivity contribution in [1.82, 2.24) is 4.90 Å². The number of hydrogen-bond donors (Lipinski definition) is 2. The minimum Gasteiger partial charge on any atom is -0.395 e. The monoisotopic (exact) mass is 271 g/mol. The van der Waals surface area contributed by atoms with Crippen molar-refractivity contribution in [1.29, 1.82) is 0 Å². The maximum Gasteiger partial charge on any atom is 0.476 e. The van der Waals surface area contributed by atoms with Crippen molar-refractivity contribution >= 4 is 7.82 Å². The fraction of sp³-hybridized carbons (Fsp3) is 1.00. The molecule has 7 nitrogen and oxygen atoms in total. The van der Waals surface area contributed by atoms with E-state index in [4.69, 9.17) is 23.8 Å². The van der Waals surface area contributed by atoms with Crippen LogP contribution in [0.1, 0.15) is 13.8 Å². The molecule has 0 spiro atoms. The molecular weight excluding hydrogens is 249 g/mol. The second-order valence-electron chi connectivity index (χ2n) is 3.11. The van der Waals surface area contributed by atoms with E-state index in [1.54, 1.807) is 18.7 Å². The molecule has 0 aliphatic carbocycles. The molecule has 0 aromatic heterocycles. The molecule has 17 heavy (non-hydrogen) atoms. The summed E-state index contributed by atoms with van der Waals surface area (Å²) in [6, 6.07) is 0. The fourth-order valence-electron chi connectivity index (χ4n) is 1.10. The lowest BCUT2D eigenvalue weighted by molar-refractivity contribution is 0.0446. The van der Waals surface area contributed by atoms with E-state index in [-0.39, 0.29) is 33.2 Å². The molecule has 0 aliphatic rings. The van der Waals surface area contributed by atoms with E-state index < -0.39 is 7.82 Å². The third-order valence-electron chi connectivity index (χ3n) is 1.81. The zero-order valence-electron chi connectivity index (χ0n) is 10.4. The fourth-order valence-corrected chi connectivity index (χ4v) is 2.26. The van der Waals surface area contributed by atoms with Crippen LogP contribution in [0.5, 0.6) is 0 Å². The summed E-state index contributed by atoms with van der Waals surface area (Å²) in [4.78, 5) is 1.60. The number of hydrogen-bond acceptors (Lipinski definition) is 7. The Morgan fingerprint density at radius 3 is 1.82 bits per heavy atom. The molecule has 0 aromatic carbocycles. The van der Waals surface area contributed by atoms with Gasteiger partial charge in [0, 0.05) is 13.1 Å². The highest BCUT2D eigenvalue weighted by molar-refractivity contribution is 7.48. The molecule has 0 saturated carbocycles. The molecular formula is C9H22NO6P. The highest BCUT2D eigenvalue weighted by Crippen LogP contribution is 2.49. The minimum atomic E-state index is -3.53. The normalized spacial score (nSPS) is 12.3. The summed E-state index contributed by atoms with van der Waals surface area (Å²) in [5, 5.41) is 17.6. The van der Waals surface area contributed by atoms with Crippen LogP contribution in [0.15, 0.2) is 0 Å². The minimum absolute atomic E-state index is 0.0294. The van der Waals surface area contributed by atoms with Crippen LogP contribution in [0.2, 0.25) is 0 Å². The maximum absolute atomic E-state index is 11.9. The van der Waals surface area contributed by atoms with Crippen molar-refractivity contribution in [2.24, 2.45) is 0 Å². The van der Waals surface area contributed by atoms with Gasteiger partial charge in [0.25, 0.3) is 0 Å². The van der Waals surface area contributed by atoms with Crippen molar-refractivity contribution < 1.29 is 28.3 Å². The number of rotatable bonds is 11. The lowest BCUT2D eigenvalue weighted by Crippen LogP contribution is -2.32. The molecule has 0 aliphatic heterocycles. The highest BCUT2D eigenvalue weighted by Gasteiger charge is 2.26. The topological polar surface area (TPSA) is 88.5 Å². The van der Waals surface area contributed by atoms with Gasteiger partial charge in [0.1, 0.15) is 6.73 Å². The molecule has 104 valence electrons. The molecule has 0 rings (SSSR count). The summed E-state index contributed by atoms with van der Waals surface area (Å²) in [5.74, 6) is 0. The van der Waals surface area contributed by atoms with Crippen molar-refractivity contribution in [2.75, 3.05) is 46.2 Å². The molecule has 0 amide bonds. The van der Waals surface area contributed by atoms with Crippen LogP contribution in [0, 0.1) is 0 Å². The number of phosphoric acid groups is 1. The van der Waals surface area contributed by atoms with Gasteiger partial charge in [-0.15, -0.1) is 0 Å². The van der Waals surface area contributed by atoms with Crippen LogP contribution in [0.4, 0.5) is 0 Å². The summed E-state index contributed by atoms with van der Waals surface area (Å²) in [6.45, 7) is 4.28. The quantitative estimate of drug-likeness (QED) is 0.416. The Hall–Kier alpha value is -0.0100. The van der Waals surface area contributed by atoms with Gasteiger partial charge in [-0.2, -0.15) is 0 Å². The SMILES string of the molecule is CCOP(=O)(OCC)OCN(CCO)CCO. The largest absolute Gasteiger partial charge is 0.476 e. The third kappa shape index (κ3) is 7.83. The van der Waals surface area contributed by atoms with E-state index in [9.17, 15) is 4.57 Å². The molecule has 8 heteroatoms. The molecule has 0 saturated heterocycles. The molecule has 0 radical (unpaired) electrons. The Morgan fingerprint density at radius 1 is 1.00 bits per heavy atom. The Labute approximate surface area is 102 Å². The van der Waals surface area contributed by atoms with Gasteiger partial charge in [0.15, 0.2) is 0 Å². The number of nitrogens with zero attached hydrogens (tertiary/aromatic N) is 1. The lowest BCUT2D eigenvalue weighted by Gasteiger charge is -2.23. The summed E-state index contributed by atoms with van der Waals surface area (Å²) in [5.41, 5.74) is 0. The first-order valence-corrected chi connectivity index (χ1v) is 7.05. The van der Waals surface area contributed by atoms with Gasteiger partial charge in [-0.1, -0.05) is 0 Å². The Balaban J connectivity index is 4.20. The Kier molecular flexibility index (Phi) is 9.96. The number of aliphatic hydroxyl groups excluding tert-OH is 2. The van der Waals surface area contributed by atoms with Gasteiger partial charge in [0.2, 0.25) is 0 Å². The van der Waals surface area contributed by atoms with Crippen molar-refractivity contribution in [3.63, 3.8) is 0 Å². The van der Waals surface area contributed by atoms with Crippen molar-refractivity contribution in [3.8, 4) is 0 Å². The van der Waals surface area contributed by atoms with Gasteiger partial charge in [-0.05, 0) is 13.8 Å². The van der Waals surface area contributed by atoms with E-state index in [1.807, 2.05) is 0 Å². The van der Waals surface area contributed by atoms with Gasteiger partial charge in [-0.3, -0.25) is 18.5 Å². The van der Waals surface area contributed by atoms with E-state index >= 15 is 0 Å². The van der Waals surface area contributed by atoms with E-state index in [1.165, 1.54) is 0 Å². The molecule has 0 bridgehead atoms. The van der Waals surface area contributed by atoms with Gasteiger partial charge < -0.3 is 10.2 Å². The average molecular weight is 271 g/mol. The summed E-state index contributed by atoms with van der Waals surface area (Å²) >= 11 is 0. The number of phosphoric ester groups is 1.